The maximum Gasteiger partial charge on any atom is 0.141 e. The van der Waals surface area contributed by atoms with Crippen molar-refractivity contribution in [2.45, 2.75) is 16.2 Å². The van der Waals surface area contributed by atoms with Crippen molar-refractivity contribution in [2.24, 2.45) is 0 Å². The molecule has 6 nitrogen and oxygen atoms in total. The van der Waals surface area contributed by atoms with Crippen molar-refractivity contribution in [2.75, 3.05) is 0 Å². The van der Waals surface area contributed by atoms with Gasteiger partial charge in [-0.2, -0.15) is 15.8 Å². The van der Waals surface area contributed by atoms with Crippen molar-refractivity contribution in [1.29, 1.82) is 15.8 Å². The summed E-state index contributed by atoms with van der Waals surface area (Å²) in [4.78, 5) is 12.8. The van der Waals surface area contributed by atoms with E-state index in [1.165, 1.54) is 156 Å². The Kier molecular flexibility index (Phi) is 15.7. The Balaban J connectivity index is 0.000000106. The molecular weight excluding hydrogens is 1420 g/mol. The molecule has 0 fully saturated rings. The average Bonchev–Trinajstić information content (AvgIpc) is 1.52. The molecule has 117 heavy (non-hydrogen) atoms. The third-order valence-electron chi connectivity index (χ3n) is 25.2. The predicted molar refractivity (Wildman–Crippen MR) is 468 cm³/mol. The lowest BCUT2D eigenvalue weighted by atomic mass is 9.70. The Morgan fingerprint density at radius 1 is 0.188 bits per heavy atom. The van der Waals surface area contributed by atoms with Crippen LogP contribution in [0, 0.1) is 34.0 Å². The Morgan fingerprint density at radius 3 is 0.769 bits per heavy atom. The van der Waals surface area contributed by atoms with Gasteiger partial charge in [-0.15, -0.1) is 0 Å². The van der Waals surface area contributed by atoms with Crippen LogP contribution >= 0.6 is 0 Å². The van der Waals surface area contributed by atoms with E-state index in [0.29, 0.717) is 16.8 Å². The van der Waals surface area contributed by atoms with E-state index >= 15 is 0 Å². The zero-order valence-electron chi connectivity index (χ0n) is 63.3. The fourth-order valence-corrected chi connectivity index (χ4v) is 20.4. The van der Waals surface area contributed by atoms with Gasteiger partial charge in [0, 0.05) is 35.9 Å². The summed E-state index contributed by atoms with van der Waals surface area (Å²) in [6, 6.07) is 142. The second kappa shape index (κ2) is 27.0. The normalized spacial score (nSPS) is 13.3. The van der Waals surface area contributed by atoms with Gasteiger partial charge in [-0.1, -0.05) is 328 Å². The SMILES string of the molecule is N#Cc1cc(-c2ccc(-c3ccc4c(c3)-c3ccccc3C43c4ccccc4-c4ccccc43)cc2)ccn1.N#Cc1ccnc(-c2ccc(-c3ccc4c(c3)-c3ccccc3C43c4ccccc4-c4ccccc43)cc2)c1.N#Cc1cncc(-c2ccc(-c3ccc4c(c3)-c3ccccc3C43c4ccccc4-c4ccccc43)cc2)c1. The van der Waals surface area contributed by atoms with Gasteiger partial charge < -0.3 is 0 Å². The van der Waals surface area contributed by atoms with Gasteiger partial charge in [-0.3, -0.25) is 9.97 Å². The van der Waals surface area contributed by atoms with Crippen LogP contribution in [0.2, 0.25) is 0 Å². The van der Waals surface area contributed by atoms with Crippen LogP contribution in [0.25, 0.3) is 134 Å². The summed E-state index contributed by atoms with van der Waals surface area (Å²) in [5, 5.41) is 27.7. The quantitative estimate of drug-likeness (QED) is 0.164. The first kappa shape index (κ1) is 68.1. The number of benzene rings is 15. The van der Waals surface area contributed by atoms with Crippen molar-refractivity contribution in [3.8, 4) is 152 Å². The highest BCUT2D eigenvalue weighted by atomic mass is 14.7. The summed E-state index contributed by atoms with van der Waals surface area (Å²) in [7, 11) is 0. The van der Waals surface area contributed by atoms with Crippen molar-refractivity contribution in [3.05, 3.63) is 484 Å². The molecule has 540 valence electrons. The number of aromatic nitrogens is 3. The highest BCUT2D eigenvalue weighted by Gasteiger charge is 2.54. The van der Waals surface area contributed by atoms with Gasteiger partial charge in [0.05, 0.1) is 39.1 Å². The molecule has 0 saturated heterocycles. The van der Waals surface area contributed by atoms with E-state index in [1.54, 1.807) is 30.9 Å². The van der Waals surface area contributed by atoms with Crippen LogP contribution in [0.5, 0.6) is 0 Å². The van der Waals surface area contributed by atoms with E-state index in [4.69, 9.17) is 0 Å². The molecule has 0 unspecified atom stereocenters. The molecule has 0 N–H and O–H groups in total. The lowest BCUT2D eigenvalue weighted by Gasteiger charge is -2.30. The molecule has 6 heteroatoms. The number of nitriles is 3. The molecule has 6 aliphatic carbocycles. The zero-order chi connectivity index (χ0) is 77.9. The molecule has 24 rings (SSSR count). The van der Waals surface area contributed by atoms with Crippen molar-refractivity contribution in [1.82, 2.24) is 15.0 Å². The Bertz CT molecular complexity index is 6480. The molecule has 3 heterocycles. The van der Waals surface area contributed by atoms with E-state index < -0.39 is 0 Å². The molecule has 3 spiro atoms. The number of rotatable bonds is 6. The molecule has 0 saturated carbocycles. The molecular formula is C111H66N6. The first-order valence-electron chi connectivity index (χ1n) is 39.6. The van der Waals surface area contributed by atoms with Gasteiger partial charge in [0.1, 0.15) is 17.8 Å². The lowest BCUT2D eigenvalue weighted by molar-refractivity contribution is 0.794. The molecule has 0 amide bonds. The molecule has 0 atom stereocenters. The van der Waals surface area contributed by atoms with Crippen LogP contribution in [0.4, 0.5) is 0 Å². The summed E-state index contributed by atoms with van der Waals surface area (Å²) < 4.78 is 0. The van der Waals surface area contributed by atoms with Gasteiger partial charge in [0.25, 0.3) is 0 Å². The molecule has 6 aliphatic rings. The summed E-state index contributed by atoms with van der Waals surface area (Å²) in [6.45, 7) is 0. The van der Waals surface area contributed by atoms with Crippen molar-refractivity contribution in [3.63, 3.8) is 0 Å². The topological polar surface area (TPSA) is 110 Å². The van der Waals surface area contributed by atoms with Gasteiger partial charge >= 0.3 is 0 Å². The van der Waals surface area contributed by atoms with E-state index in [0.717, 1.165) is 44.6 Å². The first-order chi connectivity index (χ1) is 57.9. The fraction of sp³-hybridized carbons (Fsp3) is 0.0270. The monoisotopic (exact) mass is 1480 g/mol. The standard InChI is InChI=1S/3C37H22N2/c38-21-24-19-28(23-39-22-24)26-15-13-25(14-16-26)27-17-18-36-32(20-27)31-9-3-6-12-35(31)37(36)33-10-4-1-7-29(33)30-8-2-5-11-34(30)37;38-23-24-19-20-39-36(21-24)26-15-13-25(14-16-26)27-17-18-35-31(22-27)30-9-3-6-12-34(30)37(35)32-10-4-1-7-28(32)29-8-2-5-11-33(29)37;38-23-28-21-27(19-20-39-28)25-15-13-24(14-16-25)26-17-18-36-32(22-26)31-9-3-6-12-35(31)37(36)33-10-4-1-7-29(33)30-8-2-5-11-34(30)37/h1-20,22-23H;2*1-22H. The molecule has 0 aliphatic heterocycles. The number of fused-ring (bicyclic) bond motifs is 30. The largest absolute Gasteiger partial charge is 0.263 e. The maximum atomic E-state index is 9.26. The smallest absolute Gasteiger partial charge is 0.141 e. The van der Waals surface area contributed by atoms with Crippen LogP contribution < -0.4 is 0 Å². The van der Waals surface area contributed by atoms with E-state index in [1.807, 2.05) is 24.3 Å². The Morgan fingerprint density at radius 2 is 0.453 bits per heavy atom. The second-order valence-electron chi connectivity index (χ2n) is 30.8. The molecule has 3 aromatic heterocycles. The molecule has 15 aromatic carbocycles. The molecule has 18 aromatic rings. The number of nitrogens with zero attached hydrogens (tertiary/aromatic N) is 6. The van der Waals surface area contributed by atoms with Crippen LogP contribution in [0.3, 0.4) is 0 Å². The first-order valence-corrected chi connectivity index (χ1v) is 39.6. The van der Waals surface area contributed by atoms with Crippen molar-refractivity contribution >= 4 is 0 Å². The number of pyridine rings is 3. The predicted octanol–water partition coefficient (Wildman–Crippen LogP) is 25.9. The Labute approximate surface area is 678 Å². The minimum atomic E-state index is -0.307. The minimum absolute atomic E-state index is 0.304. The Hall–Kier alpha value is -15.8. The van der Waals surface area contributed by atoms with Gasteiger partial charge in [-0.05, 0) is 232 Å². The van der Waals surface area contributed by atoms with Crippen LogP contribution in [-0.4, -0.2) is 15.0 Å². The summed E-state index contributed by atoms with van der Waals surface area (Å²) >= 11 is 0. The highest BCUT2D eigenvalue weighted by molar-refractivity contribution is 6.00. The lowest BCUT2D eigenvalue weighted by Crippen LogP contribution is -2.25. The van der Waals surface area contributed by atoms with Gasteiger partial charge in [-0.25, -0.2) is 4.98 Å². The van der Waals surface area contributed by atoms with Gasteiger partial charge in [0.2, 0.25) is 0 Å². The summed E-state index contributed by atoms with van der Waals surface area (Å²) in [6.07, 6.45) is 6.77. The van der Waals surface area contributed by atoms with Gasteiger partial charge in [0.15, 0.2) is 0 Å². The number of hydrogen-bond donors (Lipinski definition) is 0. The second-order valence-corrected chi connectivity index (χ2v) is 30.8. The number of hydrogen-bond acceptors (Lipinski definition) is 6. The zero-order valence-corrected chi connectivity index (χ0v) is 63.3. The van der Waals surface area contributed by atoms with Crippen LogP contribution in [0.1, 0.15) is 83.6 Å². The minimum Gasteiger partial charge on any atom is -0.263 e. The highest BCUT2D eigenvalue weighted by Crippen LogP contribution is 2.67. The van der Waals surface area contributed by atoms with Crippen molar-refractivity contribution < 1.29 is 0 Å². The van der Waals surface area contributed by atoms with Crippen LogP contribution in [0.15, 0.2) is 401 Å². The third kappa shape index (κ3) is 10.2. The summed E-state index contributed by atoms with van der Waals surface area (Å²) in [5.41, 5.74) is 45.7. The fourth-order valence-electron chi connectivity index (χ4n) is 20.4. The maximum absolute atomic E-state index is 9.26. The van der Waals surface area contributed by atoms with E-state index in [2.05, 4.69) is 379 Å². The third-order valence-corrected chi connectivity index (χ3v) is 25.2. The molecule has 0 radical (unpaired) electrons. The van der Waals surface area contributed by atoms with E-state index in [9.17, 15) is 15.8 Å². The molecule has 0 bridgehead atoms. The summed E-state index contributed by atoms with van der Waals surface area (Å²) in [5.74, 6) is 0. The van der Waals surface area contributed by atoms with E-state index in [-0.39, 0.29) is 16.2 Å². The van der Waals surface area contributed by atoms with Crippen LogP contribution in [-0.2, 0) is 16.2 Å². The average molecular weight is 1480 g/mol.